The van der Waals surface area contributed by atoms with E-state index in [1.54, 1.807) is 7.11 Å². The Balaban J connectivity index is 1.90. The zero-order valence-electron chi connectivity index (χ0n) is 14.7. The highest BCUT2D eigenvalue weighted by Gasteiger charge is 2.36. The Hall–Kier alpha value is -2.55. The molecular formula is C22H23NO2. The van der Waals surface area contributed by atoms with E-state index in [1.807, 2.05) is 18.2 Å². The van der Waals surface area contributed by atoms with E-state index in [9.17, 15) is 4.79 Å². The number of aromatic nitrogens is 1. The quantitative estimate of drug-likeness (QED) is 0.731. The van der Waals surface area contributed by atoms with Crippen molar-refractivity contribution in [3.63, 3.8) is 0 Å². The first-order valence-electron chi connectivity index (χ1n) is 8.93. The number of nitrogens with one attached hydrogen (secondary N) is 1. The maximum atomic E-state index is 12.6. The summed E-state index contributed by atoms with van der Waals surface area (Å²) in [4.78, 5) is 16.1. The van der Waals surface area contributed by atoms with E-state index >= 15 is 0 Å². The Morgan fingerprint density at radius 2 is 1.88 bits per heavy atom. The standard InChI is InChI=1S/C22H23NO2/c1-14-21(17-6-3-4-8-19(17)23-14)22(18-7-5-9-20(18)24)15-10-12-16(25-2)13-11-15/h3-4,6,8,10-13,18,22-23H,5,7,9H2,1-2H3. The van der Waals surface area contributed by atoms with Crippen molar-refractivity contribution >= 4 is 16.7 Å². The number of aromatic amines is 1. The fourth-order valence-corrected chi connectivity index (χ4v) is 4.31. The largest absolute Gasteiger partial charge is 0.497 e. The van der Waals surface area contributed by atoms with Gasteiger partial charge in [-0.25, -0.2) is 0 Å². The van der Waals surface area contributed by atoms with Gasteiger partial charge in [0.2, 0.25) is 0 Å². The van der Waals surface area contributed by atoms with Crippen LogP contribution in [0.3, 0.4) is 0 Å². The molecule has 1 aromatic heterocycles. The molecule has 128 valence electrons. The number of rotatable bonds is 4. The number of ether oxygens (including phenoxy) is 1. The van der Waals surface area contributed by atoms with E-state index < -0.39 is 0 Å². The van der Waals surface area contributed by atoms with Gasteiger partial charge >= 0.3 is 0 Å². The Kier molecular flexibility index (Phi) is 4.08. The highest BCUT2D eigenvalue weighted by atomic mass is 16.5. The minimum atomic E-state index is 0.0614. The number of H-pyrrole nitrogens is 1. The molecular weight excluding hydrogens is 310 g/mol. The molecule has 2 unspecified atom stereocenters. The summed E-state index contributed by atoms with van der Waals surface area (Å²) in [5, 5.41) is 1.22. The third-order valence-corrected chi connectivity index (χ3v) is 5.48. The van der Waals surface area contributed by atoms with Gasteiger partial charge in [0.05, 0.1) is 7.11 Å². The third-order valence-electron chi connectivity index (χ3n) is 5.48. The van der Waals surface area contributed by atoms with E-state index in [-0.39, 0.29) is 11.8 Å². The van der Waals surface area contributed by atoms with E-state index in [0.717, 1.165) is 29.8 Å². The number of carbonyl (C=O) groups excluding carboxylic acids is 1. The summed E-state index contributed by atoms with van der Waals surface area (Å²) in [5.41, 5.74) is 4.75. The minimum Gasteiger partial charge on any atom is -0.497 e. The topological polar surface area (TPSA) is 42.1 Å². The fraction of sp³-hybridized carbons (Fsp3) is 0.318. The van der Waals surface area contributed by atoms with Crippen molar-refractivity contribution in [2.24, 2.45) is 5.92 Å². The molecule has 3 heteroatoms. The summed E-state index contributed by atoms with van der Waals surface area (Å²) >= 11 is 0. The molecule has 3 aromatic rings. The van der Waals surface area contributed by atoms with E-state index in [2.05, 4.69) is 42.2 Å². The van der Waals surface area contributed by atoms with Gasteiger partial charge in [0.1, 0.15) is 11.5 Å². The number of Topliss-reactive ketones (excluding diaryl/α,β-unsaturated/α-hetero) is 1. The van der Waals surface area contributed by atoms with Crippen LogP contribution in [0.1, 0.15) is 42.0 Å². The van der Waals surface area contributed by atoms with Crippen molar-refractivity contribution < 1.29 is 9.53 Å². The summed E-state index contributed by atoms with van der Waals surface area (Å²) < 4.78 is 5.31. The first-order chi connectivity index (χ1) is 12.2. The highest BCUT2D eigenvalue weighted by Crippen LogP contribution is 2.43. The monoisotopic (exact) mass is 333 g/mol. The maximum Gasteiger partial charge on any atom is 0.136 e. The van der Waals surface area contributed by atoms with Crippen molar-refractivity contribution in [1.29, 1.82) is 0 Å². The number of hydrogen-bond donors (Lipinski definition) is 1. The van der Waals surface area contributed by atoms with Gasteiger partial charge in [-0.05, 0) is 49.1 Å². The molecule has 1 aliphatic rings. The van der Waals surface area contributed by atoms with Crippen LogP contribution in [0.15, 0.2) is 48.5 Å². The molecule has 4 rings (SSSR count). The lowest BCUT2D eigenvalue weighted by molar-refractivity contribution is -0.121. The predicted molar refractivity (Wildman–Crippen MR) is 100 cm³/mol. The average Bonchev–Trinajstić information content (AvgIpc) is 3.20. The molecule has 3 nitrogen and oxygen atoms in total. The molecule has 1 saturated carbocycles. The summed E-state index contributed by atoms with van der Waals surface area (Å²) in [6.07, 6.45) is 2.67. The second-order valence-electron chi connectivity index (χ2n) is 6.93. The van der Waals surface area contributed by atoms with Crippen LogP contribution < -0.4 is 4.74 Å². The summed E-state index contributed by atoms with van der Waals surface area (Å²) in [7, 11) is 1.68. The third kappa shape index (κ3) is 2.74. The predicted octanol–water partition coefficient (Wildman–Crippen LogP) is 4.99. The summed E-state index contributed by atoms with van der Waals surface area (Å²) in [6.45, 7) is 2.12. The fourth-order valence-electron chi connectivity index (χ4n) is 4.31. The van der Waals surface area contributed by atoms with Crippen molar-refractivity contribution in [1.82, 2.24) is 4.98 Å². The van der Waals surface area contributed by atoms with E-state index in [0.29, 0.717) is 12.2 Å². The summed E-state index contributed by atoms with van der Waals surface area (Å²) in [5.74, 6) is 1.39. The Bertz CT molecular complexity index is 907. The molecule has 0 saturated heterocycles. The normalized spacial score (nSPS) is 18.6. The molecule has 0 radical (unpaired) electrons. The SMILES string of the molecule is COc1ccc(C(c2c(C)[nH]c3ccccc23)C2CCCC2=O)cc1. The lowest BCUT2D eigenvalue weighted by atomic mass is 9.78. The smallest absolute Gasteiger partial charge is 0.136 e. The van der Waals surface area contributed by atoms with Gasteiger partial charge in [-0.3, -0.25) is 4.79 Å². The minimum absolute atomic E-state index is 0.0614. The molecule has 1 fully saturated rings. The number of ketones is 1. The van der Waals surface area contributed by atoms with Crippen LogP contribution in [-0.4, -0.2) is 17.9 Å². The van der Waals surface area contributed by atoms with Gasteiger partial charge in [0.25, 0.3) is 0 Å². The lowest BCUT2D eigenvalue weighted by Crippen LogP contribution is -2.19. The zero-order chi connectivity index (χ0) is 17.4. The Labute approximate surface area is 148 Å². The van der Waals surface area contributed by atoms with Gasteiger partial charge in [-0.15, -0.1) is 0 Å². The molecule has 0 spiro atoms. The first kappa shape index (κ1) is 15.9. The molecule has 0 aliphatic heterocycles. The molecule has 0 bridgehead atoms. The molecule has 0 amide bonds. The molecule has 1 heterocycles. The first-order valence-corrected chi connectivity index (χ1v) is 8.93. The number of hydrogen-bond acceptors (Lipinski definition) is 2. The molecule has 1 N–H and O–H groups in total. The average molecular weight is 333 g/mol. The van der Waals surface area contributed by atoms with Crippen molar-refractivity contribution in [2.75, 3.05) is 7.11 Å². The van der Waals surface area contributed by atoms with Crippen molar-refractivity contribution in [3.05, 3.63) is 65.4 Å². The highest BCUT2D eigenvalue weighted by molar-refractivity contribution is 5.89. The van der Waals surface area contributed by atoms with Crippen LogP contribution in [0, 0.1) is 12.8 Å². The van der Waals surface area contributed by atoms with Crippen LogP contribution in [0.5, 0.6) is 5.75 Å². The summed E-state index contributed by atoms with van der Waals surface area (Å²) in [6, 6.07) is 16.6. The van der Waals surface area contributed by atoms with Gasteiger partial charge in [0.15, 0.2) is 0 Å². The molecule has 2 atom stereocenters. The van der Waals surface area contributed by atoms with Gasteiger partial charge in [-0.1, -0.05) is 30.3 Å². The van der Waals surface area contributed by atoms with Crippen LogP contribution in [0.4, 0.5) is 0 Å². The number of methoxy groups -OCH3 is 1. The maximum absolute atomic E-state index is 12.6. The second-order valence-corrected chi connectivity index (χ2v) is 6.93. The van der Waals surface area contributed by atoms with Gasteiger partial charge in [0, 0.05) is 34.9 Å². The zero-order valence-corrected chi connectivity index (χ0v) is 14.7. The Morgan fingerprint density at radius 1 is 1.12 bits per heavy atom. The van der Waals surface area contributed by atoms with Crippen LogP contribution in [0.25, 0.3) is 10.9 Å². The molecule has 1 aliphatic carbocycles. The molecule has 25 heavy (non-hydrogen) atoms. The lowest BCUT2D eigenvalue weighted by Gasteiger charge is -2.24. The van der Waals surface area contributed by atoms with Crippen LogP contribution in [0.2, 0.25) is 0 Å². The van der Waals surface area contributed by atoms with E-state index in [1.165, 1.54) is 16.5 Å². The molecule has 2 aromatic carbocycles. The number of fused-ring (bicyclic) bond motifs is 1. The number of para-hydroxylation sites is 1. The van der Waals surface area contributed by atoms with Crippen LogP contribution in [-0.2, 0) is 4.79 Å². The van der Waals surface area contributed by atoms with Gasteiger partial charge in [-0.2, -0.15) is 0 Å². The van der Waals surface area contributed by atoms with Gasteiger partial charge < -0.3 is 9.72 Å². The van der Waals surface area contributed by atoms with Crippen molar-refractivity contribution in [3.8, 4) is 5.75 Å². The second kappa shape index (κ2) is 6.40. The number of carbonyl (C=O) groups is 1. The van der Waals surface area contributed by atoms with Crippen molar-refractivity contribution in [2.45, 2.75) is 32.1 Å². The van der Waals surface area contributed by atoms with Crippen LogP contribution >= 0.6 is 0 Å². The van der Waals surface area contributed by atoms with E-state index in [4.69, 9.17) is 4.74 Å². The number of benzene rings is 2. The number of aryl methyl sites for hydroxylation is 1. The Morgan fingerprint density at radius 3 is 2.56 bits per heavy atom.